The van der Waals surface area contributed by atoms with Gasteiger partial charge in [0, 0.05) is 25.2 Å². The summed E-state index contributed by atoms with van der Waals surface area (Å²) < 4.78 is 0. The van der Waals surface area contributed by atoms with Crippen molar-refractivity contribution in [2.75, 3.05) is 18.0 Å². The van der Waals surface area contributed by atoms with E-state index in [0.717, 1.165) is 55.6 Å². The van der Waals surface area contributed by atoms with Crippen molar-refractivity contribution in [1.29, 1.82) is 0 Å². The van der Waals surface area contributed by atoms with Gasteiger partial charge in [0.1, 0.15) is 17.8 Å². The van der Waals surface area contributed by atoms with Crippen LogP contribution in [0.25, 0.3) is 11.0 Å². The Morgan fingerprint density at radius 2 is 2.00 bits per heavy atom. The molecule has 3 aromatic rings. The number of anilines is 1. The summed E-state index contributed by atoms with van der Waals surface area (Å²) in [6.45, 7) is 3.87. The number of hydrogen-bond acceptors (Lipinski definition) is 4. The third-order valence-corrected chi connectivity index (χ3v) is 6.50. The van der Waals surface area contributed by atoms with Gasteiger partial charge in [-0.15, -0.1) is 0 Å². The fraction of sp³-hybridized carbons (Fsp3) is 0.435. The van der Waals surface area contributed by atoms with Gasteiger partial charge in [-0.3, -0.25) is 4.79 Å². The van der Waals surface area contributed by atoms with Crippen molar-refractivity contribution in [2.24, 2.45) is 5.92 Å². The topological polar surface area (TPSA) is 65.1 Å². The Kier molecular flexibility index (Phi) is 4.70. The quantitative estimate of drug-likeness (QED) is 0.743. The number of nitrogens with one attached hydrogen (secondary N) is 1. The number of piperidine rings is 1. The van der Waals surface area contributed by atoms with E-state index in [1.165, 1.54) is 5.56 Å². The Bertz CT molecular complexity index is 1000. The summed E-state index contributed by atoms with van der Waals surface area (Å²) in [7, 11) is 0. The number of carbonyl (C=O) groups excluding carboxylic acids is 1. The fourth-order valence-corrected chi connectivity index (χ4v) is 5.15. The van der Waals surface area contributed by atoms with Crippen molar-refractivity contribution in [3.63, 3.8) is 0 Å². The minimum absolute atomic E-state index is 0.000584. The summed E-state index contributed by atoms with van der Waals surface area (Å²) in [4.78, 5) is 30.0. The lowest BCUT2D eigenvalue weighted by atomic mass is 9.93. The maximum absolute atomic E-state index is 13.3. The molecule has 0 bridgehead atoms. The van der Waals surface area contributed by atoms with Crippen LogP contribution in [-0.2, 0) is 11.2 Å². The highest BCUT2D eigenvalue weighted by Gasteiger charge is 2.43. The Balaban J connectivity index is 1.35. The predicted octanol–water partition coefficient (Wildman–Crippen LogP) is 3.41. The van der Waals surface area contributed by atoms with Gasteiger partial charge in [-0.1, -0.05) is 37.3 Å². The zero-order valence-corrected chi connectivity index (χ0v) is 16.8. The number of amides is 1. The molecule has 0 saturated carbocycles. The van der Waals surface area contributed by atoms with Crippen molar-refractivity contribution < 1.29 is 4.79 Å². The van der Waals surface area contributed by atoms with Crippen LogP contribution in [0.3, 0.4) is 0 Å². The molecular weight excluding hydrogens is 362 g/mol. The van der Waals surface area contributed by atoms with E-state index in [-0.39, 0.29) is 12.0 Å². The highest BCUT2D eigenvalue weighted by atomic mass is 16.2. The highest BCUT2D eigenvalue weighted by Crippen LogP contribution is 2.36. The standard InChI is InChI=1S/C23H27N5O/c1-16(14-17-6-3-2-4-7-17)23(29)28-12-5-8-19-20(28)10-13-27(19)22-18-9-11-24-21(18)25-15-26-22/h2-4,6-7,9,11,15-16,19-20H,5,8,10,12-14H2,1H3,(H,24,25,26)/t16?,19-,20-/m1/s1. The lowest BCUT2D eigenvalue weighted by Gasteiger charge is -2.41. The second kappa shape index (κ2) is 7.50. The molecule has 0 radical (unpaired) electrons. The van der Waals surface area contributed by atoms with Gasteiger partial charge in [-0.2, -0.15) is 0 Å². The Hall–Kier alpha value is -2.89. The summed E-state index contributed by atoms with van der Waals surface area (Å²) >= 11 is 0. The molecule has 6 heteroatoms. The van der Waals surface area contributed by atoms with Crippen LogP contribution in [0.1, 0.15) is 31.7 Å². The van der Waals surface area contributed by atoms with Gasteiger partial charge in [-0.25, -0.2) is 9.97 Å². The SMILES string of the molecule is CC(Cc1ccccc1)C(=O)N1CCC[C@@H]2[C@H]1CCN2c1ncnc2[nH]ccc12. The largest absolute Gasteiger partial charge is 0.351 e. The van der Waals surface area contributed by atoms with Gasteiger partial charge in [0.25, 0.3) is 0 Å². The summed E-state index contributed by atoms with van der Waals surface area (Å²) in [5.41, 5.74) is 2.10. The first kappa shape index (κ1) is 18.2. The van der Waals surface area contributed by atoms with E-state index in [4.69, 9.17) is 0 Å². The molecule has 29 heavy (non-hydrogen) atoms. The molecule has 2 aromatic heterocycles. The maximum atomic E-state index is 13.3. The number of aromatic amines is 1. The van der Waals surface area contributed by atoms with Crippen LogP contribution in [0.4, 0.5) is 5.82 Å². The normalized spacial score (nSPS) is 22.7. The lowest BCUT2D eigenvalue weighted by molar-refractivity contribution is -0.138. The van der Waals surface area contributed by atoms with Crippen molar-refractivity contribution >= 4 is 22.8 Å². The molecule has 1 aromatic carbocycles. The van der Waals surface area contributed by atoms with Crippen molar-refractivity contribution in [3.8, 4) is 0 Å². The van der Waals surface area contributed by atoms with Crippen LogP contribution in [0.15, 0.2) is 48.9 Å². The van der Waals surface area contributed by atoms with E-state index < -0.39 is 0 Å². The summed E-state index contributed by atoms with van der Waals surface area (Å²) in [6, 6.07) is 13.0. The van der Waals surface area contributed by atoms with Gasteiger partial charge in [0.15, 0.2) is 0 Å². The molecule has 2 fully saturated rings. The summed E-state index contributed by atoms with van der Waals surface area (Å²) in [5.74, 6) is 1.29. The number of nitrogens with zero attached hydrogens (tertiary/aromatic N) is 4. The minimum Gasteiger partial charge on any atom is -0.351 e. The molecule has 150 valence electrons. The van der Waals surface area contributed by atoms with Crippen LogP contribution < -0.4 is 4.90 Å². The molecule has 2 aliphatic heterocycles. The summed E-state index contributed by atoms with van der Waals surface area (Å²) in [6.07, 6.45) is 7.51. The van der Waals surface area contributed by atoms with Gasteiger partial charge < -0.3 is 14.8 Å². The number of aromatic nitrogens is 3. The Morgan fingerprint density at radius 3 is 2.86 bits per heavy atom. The number of fused-ring (bicyclic) bond motifs is 2. The van der Waals surface area contributed by atoms with E-state index in [2.05, 4.69) is 43.8 Å². The van der Waals surface area contributed by atoms with Crippen LogP contribution in [-0.4, -0.2) is 50.9 Å². The van der Waals surface area contributed by atoms with Crippen LogP contribution in [0, 0.1) is 5.92 Å². The number of benzene rings is 1. The first-order valence-electron chi connectivity index (χ1n) is 10.6. The molecule has 3 atom stereocenters. The predicted molar refractivity (Wildman–Crippen MR) is 114 cm³/mol. The van der Waals surface area contributed by atoms with E-state index in [1.807, 2.05) is 30.5 Å². The van der Waals surface area contributed by atoms with Crippen molar-refractivity contribution in [1.82, 2.24) is 19.9 Å². The van der Waals surface area contributed by atoms with Crippen LogP contribution in [0.2, 0.25) is 0 Å². The smallest absolute Gasteiger partial charge is 0.226 e. The number of H-pyrrole nitrogens is 1. The number of likely N-dealkylation sites (tertiary alicyclic amines) is 1. The first-order valence-corrected chi connectivity index (χ1v) is 10.6. The molecule has 4 heterocycles. The van der Waals surface area contributed by atoms with E-state index in [1.54, 1.807) is 6.33 Å². The third kappa shape index (κ3) is 3.26. The first-order chi connectivity index (χ1) is 14.2. The van der Waals surface area contributed by atoms with Crippen molar-refractivity contribution in [3.05, 3.63) is 54.5 Å². The Morgan fingerprint density at radius 1 is 1.14 bits per heavy atom. The van der Waals surface area contributed by atoms with Gasteiger partial charge in [0.2, 0.25) is 5.91 Å². The molecule has 1 N–H and O–H groups in total. The van der Waals surface area contributed by atoms with Crippen molar-refractivity contribution in [2.45, 2.75) is 44.7 Å². The van der Waals surface area contributed by atoms with Crippen LogP contribution in [0.5, 0.6) is 0 Å². The molecule has 1 unspecified atom stereocenters. The molecule has 0 aliphatic carbocycles. The molecular formula is C23H27N5O. The summed E-state index contributed by atoms with van der Waals surface area (Å²) in [5, 5.41) is 1.06. The average molecular weight is 390 g/mol. The number of rotatable bonds is 4. The van der Waals surface area contributed by atoms with E-state index in [9.17, 15) is 4.79 Å². The average Bonchev–Trinajstić information content (AvgIpc) is 3.40. The third-order valence-electron chi connectivity index (χ3n) is 6.50. The zero-order chi connectivity index (χ0) is 19.8. The highest BCUT2D eigenvalue weighted by molar-refractivity contribution is 5.87. The maximum Gasteiger partial charge on any atom is 0.226 e. The zero-order valence-electron chi connectivity index (χ0n) is 16.8. The minimum atomic E-state index is 0.000584. The van der Waals surface area contributed by atoms with E-state index in [0.29, 0.717) is 11.9 Å². The molecule has 0 spiro atoms. The second-order valence-electron chi connectivity index (χ2n) is 8.32. The molecule has 2 saturated heterocycles. The van der Waals surface area contributed by atoms with Gasteiger partial charge in [0.05, 0.1) is 17.5 Å². The lowest BCUT2D eigenvalue weighted by Crippen LogP contribution is -2.53. The van der Waals surface area contributed by atoms with Gasteiger partial charge in [-0.05, 0) is 37.3 Å². The second-order valence-corrected chi connectivity index (χ2v) is 8.32. The number of carbonyl (C=O) groups is 1. The molecule has 1 amide bonds. The molecule has 6 nitrogen and oxygen atoms in total. The number of hydrogen-bond donors (Lipinski definition) is 1. The Labute approximate surface area is 171 Å². The van der Waals surface area contributed by atoms with Crippen LogP contribution >= 0.6 is 0 Å². The van der Waals surface area contributed by atoms with Gasteiger partial charge >= 0.3 is 0 Å². The van der Waals surface area contributed by atoms with E-state index >= 15 is 0 Å². The monoisotopic (exact) mass is 389 g/mol. The molecule has 2 aliphatic rings. The molecule has 5 rings (SSSR count). The fourth-order valence-electron chi connectivity index (χ4n) is 5.15.